The fraction of sp³-hybridized carbons (Fsp3) is 0.222. The van der Waals surface area contributed by atoms with Gasteiger partial charge in [0, 0.05) is 12.4 Å². The molecule has 0 saturated carbocycles. The molecule has 2 rings (SSSR count). The highest BCUT2D eigenvalue weighted by Crippen LogP contribution is 2.12. The van der Waals surface area contributed by atoms with Crippen LogP contribution >= 0.6 is 0 Å². The first kappa shape index (κ1) is 6.40. The fourth-order valence-corrected chi connectivity index (χ4v) is 1.21. The molecule has 11 heavy (non-hydrogen) atoms. The standard InChI is InChI=1S/C9H9N2/c1-7-3-4-9-8(5-7)6-10-11(9)2/h4-6H,1-2H3. The summed E-state index contributed by atoms with van der Waals surface area (Å²) in [5.74, 6) is 0. The van der Waals surface area contributed by atoms with E-state index in [0.29, 0.717) is 0 Å². The number of aromatic nitrogens is 2. The van der Waals surface area contributed by atoms with Gasteiger partial charge in [-0.15, -0.1) is 0 Å². The lowest BCUT2D eigenvalue weighted by molar-refractivity contribution is 0.797. The summed E-state index contributed by atoms with van der Waals surface area (Å²) >= 11 is 0. The molecular weight excluding hydrogens is 136 g/mol. The van der Waals surface area contributed by atoms with Gasteiger partial charge in [0.05, 0.1) is 11.7 Å². The Labute approximate surface area is 65.5 Å². The van der Waals surface area contributed by atoms with Gasteiger partial charge in [-0.05, 0) is 30.7 Å². The third kappa shape index (κ3) is 0.909. The van der Waals surface area contributed by atoms with Crippen LogP contribution in [0.15, 0.2) is 18.3 Å². The first-order valence-electron chi connectivity index (χ1n) is 3.57. The average molecular weight is 145 g/mol. The number of hydrogen-bond acceptors (Lipinski definition) is 1. The molecule has 1 aromatic heterocycles. The van der Waals surface area contributed by atoms with E-state index in [1.165, 1.54) is 5.39 Å². The van der Waals surface area contributed by atoms with Crippen molar-refractivity contribution >= 4 is 10.9 Å². The lowest BCUT2D eigenvalue weighted by atomic mass is 10.2. The highest BCUT2D eigenvalue weighted by atomic mass is 15.2. The zero-order valence-electron chi connectivity index (χ0n) is 6.63. The zero-order chi connectivity index (χ0) is 7.84. The molecule has 1 radical (unpaired) electrons. The molecule has 0 N–H and O–H groups in total. The van der Waals surface area contributed by atoms with E-state index in [0.717, 1.165) is 11.1 Å². The number of aryl methyl sites for hydroxylation is 2. The Morgan fingerprint density at radius 3 is 3.18 bits per heavy atom. The molecule has 2 heteroatoms. The van der Waals surface area contributed by atoms with Crippen LogP contribution < -0.4 is 0 Å². The zero-order valence-corrected chi connectivity index (χ0v) is 6.63. The third-order valence-corrected chi connectivity index (χ3v) is 1.82. The first-order chi connectivity index (χ1) is 5.27. The van der Waals surface area contributed by atoms with Gasteiger partial charge in [-0.2, -0.15) is 5.10 Å². The molecule has 0 atom stereocenters. The molecule has 55 valence electrons. The van der Waals surface area contributed by atoms with E-state index < -0.39 is 0 Å². The van der Waals surface area contributed by atoms with Gasteiger partial charge in [0.2, 0.25) is 0 Å². The van der Waals surface area contributed by atoms with Gasteiger partial charge < -0.3 is 0 Å². The summed E-state index contributed by atoms with van der Waals surface area (Å²) in [6.45, 7) is 2.03. The second kappa shape index (κ2) is 2.09. The maximum atomic E-state index is 4.13. The van der Waals surface area contributed by atoms with Crippen molar-refractivity contribution in [1.29, 1.82) is 0 Å². The summed E-state index contributed by atoms with van der Waals surface area (Å²) in [5.41, 5.74) is 2.29. The van der Waals surface area contributed by atoms with Gasteiger partial charge in [-0.3, -0.25) is 4.68 Å². The fourth-order valence-electron chi connectivity index (χ4n) is 1.21. The minimum Gasteiger partial charge on any atom is -0.268 e. The SMILES string of the molecule is Cc1[c]cc2c(cnn2C)c1. The van der Waals surface area contributed by atoms with E-state index in [1.54, 1.807) is 0 Å². The van der Waals surface area contributed by atoms with Crippen molar-refractivity contribution in [2.75, 3.05) is 0 Å². The lowest BCUT2D eigenvalue weighted by Gasteiger charge is -1.93. The van der Waals surface area contributed by atoms with Gasteiger partial charge in [0.15, 0.2) is 0 Å². The van der Waals surface area contributed by atoms with E-state index in [2.05, 4.69) is 17.2 Å². The third-order valence-electron chi connectivity index (χ3n) is 1.82. The van der Waals surface area contributed by atoms with Crippen LogP contribution in [0.4, 0.5) is 0 Å². The molecule has 1 aromatic carbocycles. The topological polar surface area (TPSA) is 17.8 Å². The summed E-state index contributed by atoms with van der Waals surface area (Å²) < 4.78 is 1.85. The molecular formula is C9H9N2. The van der Waals surface area contributed by atoms with Crippen molar-refractivity contribution in [3.05, 3.63) is 30.0 Å². The predicted molar refractivity (Wildman–Crippen MR) is 44.3 cm³/mol. The van der Waals surface area contributed by atoms with Crippen LogP contribution in [0.3, 0.4) is 0 Å². The molecule has 0 spiro atoms. The van der Waals surface area contributed by atoms with Crippen LogP contribution in [0.5, 0.6) is 0 Å². The second-order valence-corrected chi connectivity index (χ2v) is 2.72. The molecule has 2 nitrogen and oxygen atoms in total. The van der Waals surface area contributed by atoms with E-state index in [4.69, 9.17) is 0 Å². The second-order valence-electron chi connectivity index (χ2n) is 2.72. The van der Waals surface area contributed by atoms with E-state index >= 15 is 0 Å². The Kier molecular flexibility index (Phi) is 1.22. The predicted octanol–water partition coefficient (Wildman–Crippen LogP) is 1.68. The molecule has 1 heterocycles. The van der Waals surface area contributed by atoms with Crippen molar-refractivity contribution in [1.82, 2.24) is 9.78 Å². The van der Waals surface area contributed by atoms with E-state index in [9.17, 15) is 0 Å². The van der Waals surface area contributed by atoms with Crippen LogP contribution in [0.1, 0.15) is 5.56 Å². The molecule has 0 bridgehead atoms. The Bertz CT molecular complexity index is 387. The van der Waals surface area contributed by atoms with Crippen LogP contribution in [-0.2, 0) is 7.05 Å². The Hall–Kier alpha value is -1.31. The Balaban J connectivity index is 2.86. The number of nitrogens with zero attached hydrogens (tertiary/aromatic N) is 2. The normalized spacial score (nSPS) is 10.7. The molecule has 0 saturated heterocycles. The van der Waals surface area contributed by atoms with Crippen LogP contribution in [0.2, 0.25) is 0 Å². The minimum atomic E-state index is 1.13. The summed E-state index contributed by atoms with van der Waals surface area (Å²) in [7, 11) is 1.94. The maximum absolute atomic E-state index is 4.13. The summed E-state index contributed by atoms with van der Waals surface area (Å²) in [4.78, 5) is 0. The van der Waals surface area contributed by atoms with Gasteiger partial charge in [0.1, 0.15) is 0 Å². The molecule has 0 aliphatic rings. The molecule has 0 fully saturated rings. The van der Waals surface area contributed by atoms with Crippen molar-refractivity contribution in [3.63, 3.8) is 0 Å². The number of hydrogen-bond donors (Lipinski definition) is 0. The molecule has 2 aromatic rings. The highest BCUT2D eigenvalue weighted by Gasteiger charge is 1.97. The molecule has 0 aliphatic carbocycles. The van der Waals surface area contributed by atoms with Crippen molar-refractivity contribution in [2.24, 2.45) is 7.05 Å². The van der Waals surface area contributed by atoms with Crippen LogP contribution in [-0.4, -0.2) is 9.78 Å². The Morgan fingerprint density at radius 2 is 2.36 bits per heavy atom. The smallest absolute Gasteiger partial charge is 0.0685 e. The first-order valence-corrected chi connectivity index (χ1v) is 3.57. The van der Waals surface area contributed by atoms with Gasteiger partial charge in [-0.25, -0.2) is 0 Å². The van der Waals surface area contributed by atoms with E-state index in [1.807, 2.05) is 30.9 Å². The van der Waals surface area contributed by atoms with Gasteiger partial charge in [0.25, 0.3) is 0 Å². The number of benzene rings is 1. The maximum Gasteiger partial charge on any atom is 0.0685 e. The summed E-state index contributed by atoms with van der Waals surface area (Å²) in [6, 6.07) is 7.20. The van der Waals surface area contributed by atoms with Crippen LogP contribution in [0, 0.1) is 13.0 Å². The van der Waals surface area contributed by atoms with E-state index in [-0.39, 0.29) is 0 Å². The quantitative estimate of drug-likeness (QED) is 0.551. The minimum absolute atomic E-state index is 1.13. The van der Waals surface area contributed by atoms with Crippen molar-refractivity contribution < 1.29 is 0 Å². The van der Waals surface area contributed by atoms with Gasteiger partial charge >= 0.3 is 0 Å². The molecule has 0 aliphatic heterocycles. The number of rotatable bonds is 0. The highest BCUT2D eigenvalue weighted by molar-refractivity contribution is 5.78. The van der Waals surface area contributed by atoms with Gasteiger partial charge in [-0.1, -0.05) is 0 Å². The largest absolute Gasteiger partial charge is 0.268 e. The van der Waals surface area contributed by atoms with Crippen LogP contribution in [0.25, 0.3) is 10.9 Å². The van der Waals surface area contributed by atoms with Crippen molar-refractivity contribution in [3.8, 4) is 0 Å². The monoisotopic (exact) mass is 145 g/mol. The summed E-state index contributed by atoms with van der Waals surface area (Å²) in [5, 5.41) is 5.32. The number of fused-ring (bicyclic) bond motifs is 1. The van der Waals surface area contributed by atoms with Crippen molar-refractivity contribution in [2.45, 2.75) is 6.92 Å². The lowest BCUT2D eigenvalue weighted by Crippen LogP contribution is -1.87. The summed E-state index contributed by atoms with van der Waals surface area (Å²) in [6.07, 6.45) is 1.87. The average Bonchev–Trinajstić information content (AvgIpc) is 2.32. The molecule has 0 amide bonds. The molecule has 0 unspecified atom stereocenters. The Morgan fingerprint density at radius 1 is 1.55 bits per heavy atom.